The highest BCUT2D eigenvalue weighted by atomic mass is 16.3. The third-order valence-electron chi connectivity index (χ3n) is 3.90. The first-order chi connectivity index (χ1) is 11.0. The SMILES string of the molecule is Cc1ccc(CCC(=O)Nc2ccc3oc(C)nc3c2)c(C)c1. The number of anilines is 1. The van der Waals surface area contributed by atoms with Crippen LogP contribution in [-0.2, 0) is 11.2 Å². The predicted molar refractivity (Wildman–Crippen MR) is 91.6 cm³/mol. The zero-order valence-corrected chi connectivity index (χ0v) is 13.6. The molecular formula is C19H20N2O2. The van der Waals surface area contributed by atoms with Gasteiger partial charge in [-0.3, -0.25) is 4.79 Å². The highest BCUT2D eigenvalue weighted by molar-refractivity contribution is 5.92. The Balaban J connectivity index is 1.63. The molecule has 4 heteroatoms. The normalized spacial score (nSPS) is 10.9. The van der Waals surface area contributed by atoms with Crippen molar-refractivity contribution in [3.8, 4) is 0 Å². The lowest BCUT2D eigenvalue weighted by Gasteiger charge is -2.08. The zero-order chi connectivity index (χ0) is 16.4. The summed E-state index contributed by atoms with van der Waals surface area (Å²) < 4.78 is 5.43. The van der Waals surface area contributed by atoms with Crippen molar-refractivity contribution >= 4 is 22.7 Å². The smallest absolute Gasteiger partial charge is 0.224 e. The van der Waals surface area contributed by atoms with E-state index in [4.69, 9.17) is 4.42 Å². The Morgan fingerprint density at radius 1 is 1.13 bits per heavy atom. The number of benzene rings is 2. The van der Waals surface area contributed by atoms with Crippen LogP contribution in [0.25, 0.3) is 11.1 Å². The molecular weight excluding hydrogens is 288 g/mol. The van der Waals surface area contributed by atoms with Gasteiger partial charge in [-0.25, -0.2) is 4.98 Å². The summed E-state index contributed by atoms with van der Waals surface area (Å²) in [6, 6.07) is 11.8. The fourth-order valence-electron chi connectivity index (χ4n) is 2.72. The summed E-state index contributed by atoms with van der Waals surface area (Å²) in [7, 11) is 0. The van der Waals surface area contributed by atoms with Crippen LogP contribution in [0, 0.1) is 20.8 Å². The predicted octanol–water partition coefficient (Wildman–Crippen LogP) is 4.32. The van der Waals surface area contributed by atoms with Gasteiger partial charge >= 0.3 is 0 Å². The summed E-state index contributed by atoms with van der Waals surface area (Å²) in [5, 5.41) is 2.92. The average molecular weight is 308 g/mol. The zero-order valence-electron chi connectivity index (χ0n) is 13.6. The van der Waals surface area contributed by atoms with E-state index in [0.29, 0.717) is 12.3 Å². The van der Waals surface area contributed by atoms with E-state index in [9.17, 15) is 4.79 Å². The maximum Gasteiger partial charge on any atom is 0.224 e. The van der Waals surface area contributed by atoms with Gasteiger partial charge in [0, 0.05) is 19.0 Å². The number of nitrogens with zero attached hydrogens (tertiary/aromatic N) is 1. The minimum atomic E-state index is 0.00421. The molecule has 0 aliphatic rings. The number of fused-ring (bicyclic) bond motifs is 1. The van der Waals surface area contributed by atoms with Gasteiger partial charge < -0.3 is 9.73 Å². The topological polar surface area (TPSA) is 55.1 Å². The van der Waals surface area contributed by atoms with Crippen LogP contribution < -0.4 is 5.32 Å². The molecule has 1 amide bonds. The largest absolute Gasteiger partial charge is 0.441 e. The Morgan fingerprint density at radius 2 is 1.96 bits per heavy atom. The van der Waals surface area contributed by atoms with E-state index in [-0.39, 0.29) is 5.91 Å². The number of rotatable bonds is 4. The van der Waals surface area contributed by atoms with E-state index in [1.165, 1.54) is 16.7 Å². The second-order valence-electron chi connectivity index (χ2n) is 5.89. The van der Waals surface area contributed by atoms with Crippen LogP contribution in [0.5, 0.6) is 0 Å². The van der Waals surface area contributed by atoms with Crippen LogP contribution in [0.4, 0.5) is 5.69 Å². The number of amides is 1. The Bertz CT molecular complexity index is 865. The summed E-state index contributed by atoms with van der Waals surface area (Å²) >= 11 is 0. The molecule has 4 nitrogen and oxygen atoms in total. The second kappa shape index (κ2) is 6.24. The number of hydrogen-bond acceptors (Lipinski definition) is 3. The van der Waals surface area contributed by atoms with Gasteiger partial charge in [-0.05, 0) is 49.6 Å². The molecule has 1 aromatic heterocycles. The molecule has 3 rings (SSSR count). The number of aromatic nitrogens is 1. The first-order valence-electron chi connectivity index (χ1n) is 7.74. The van der Waals surface area contributed by atoms with Gasteiger partial charge in [0.15, 0.2) is 11.5 Å². The third kappa shape index (κ3) is 3.59. The minimum Gasteiger partial charge on any atom is -0.441 e. The van der Waals surface area contributed by atoms with Crippen LogP contribution in [0.1, 0.15) is 29.0 Å². The Morgan fingerprint density at radius 3 is 2.74 bits per heavy atom. The summed E-state index contributed by atoms with van der Waals surface area (Å²) in [6.07, 6.45) is 1.20. The number of carbonyl (C=O) groups is 1. The van der Waals surface area contributed by atoms with Crippen molar-refractivity contribution in [2.45, 2.75) is 33.6 Å². The van der Waals surface area contributed by atoms with Crippen molar-refractivity contribution in [3.05, 3.63) is 59.0 Å². The quantitative estimate of drug-likeness (QED) is 0.780. The van der Waals surface area contributed by atoms with Crippen molar-refractivity contribution in [1.29, 1.82) is 0 Å². The Labute approximate surface area is 135 Å². The van der Waals surface area contributed by atoms with Gasteiger partial charge in [-0.1, -0.05) is 23.8 Å². The average Bonchev–Trinajstić information content (AvgIpc) is 2.85. The maximum atomic E-state index is 12.2. The summed E-state index contributed by atoms with van der Waals surface area (Å²) in [6.45, 7) is 5.97. The Hall–Kier alpha value is -2.62. The van der Waals surface area contributed by atoms with E-state index < -0.39 is 0 Å². The molecule has 1 N–H and O–H groups in total. The van der Waals surface area contributed by atoms with Crippen LogP contribution in [0.3, 0.4) is 0 Å². The van der Waals surface area contributed by atoms with E-state index in [1.54, 1.807) is 0 Å². The van der Waals surface area contributed by atoms with Crippen molar-refractivity contribution in [3.63, 3.8) is 0 Å². The van der Waals surface area contributed by atoms with Crippen LogP contribution in [0.2, 0.25) is 0 Å². The van der Waals surface area contributed by atoms with E-state index in [0.717, 1.165) is 23.2 Å². The first-order valence-corrected chi connectivity index (χ1v) is 7.74. The van der Waals surface area contributed by atoms with Crippen molar-refractivity contribution in [2.75, 3.05) is 5.32 Å². The maximum absolute atomic E-state index is 12.2. The molecule has 0 atom stereocenters. The fraction of sp³-hybridized carbons (Fsp3) is 0.263. The molecule has 0 spiro atoms. The second-order valence-corrected chi connectivity index (χ2v) is 5.89. The lowest BCUT2D eigenvalue weighted by atomic mass is 10.0. The molecule has 0 saturated carbocycles. The van der Waals surface area contributed by atoms with Crippen LogP contribution >= 0.6 is 0 Å². The standard InChI is InChI=1S/C19H20N2O2/c1-12-4-5-15(13(2)10-12)6-9-19(22)21-16-7-8-18-17(11-16)20-14(3)23-18/h4-5,7-8,10-11H,6,9H2,1-3H3,(H,21,22). The molecule has 0 unspecified atom stereocenters. The van der Waals surface area contributed by atoms with Crippen LogP contribution in [0.15, 0.2) is 40.8 Å². The molecule has 1 heterocycles. The van der Waals surface area contributed by atoms with Crippen molar-refractivity contribution < 1.29 is 9.21 Å². The van der Waals surface area contributed by atoms with E-state index in [1.807, 2.05) is 25.1 Å². The van der Waals surface area contributed by atoms with E-state index in [2.05, 4.69) is 42.3 Å². The number of nitrogens with one attached hydrogen (secondary N) is 1. The fourth-order valence-corrected chi connectivity index (χ4v) is 2.72. The molecule has 0 aliphatic carbocycles. The minimum absolute atomic E-state index is 0.00421. The van der Waals surface area contributed by atoms with E-state index >= 15 is 0 Å². The van der Waals surface area contributed by atoms with Gasteiger partial charge in [0.2, 0.25) is 5.91 Å². The molecule has 118 valence electrons. The van der Waals surface area contributed by atoms with Gasteiger partial charge in [0.05, 0.1) is 0 Å². The van der Waals surface area contributed by atoms with Crippen LogP contribution in [-0.4, -0.2) is 10.9 Å². The van der Waals surface area contributed by atoms with Crippen molar-refractivity contribution in [1.82, 2.24) is 4.98 Å². The molecule has 0 aliphatic heterocycles. The molecule has 23 heavy (non-hydrogen) atoms. The highest BCUT2D eigenvalue weighted by Gasteiger charge is 2.07. The Kier molecular flexibility index (Phi) is 4.15. The lowest BCUT2D eigenvalue weighted by molar-refractivity contribution is -0.116. The highest BCUT2D eigenvalue weighted by Crippen LogP contribution is 2.20. The van der Waals surface area contributed by atoms with Gasteiger partial charge in [-0.15, -0.1) is 0 Å². The number of carbonyl (C=O) groups excluding carboxylic acids is 1. The molecule has 0 saturated heterocycles. The van der Waals surface area contributed by atoms with Gasteiger partial charge in [0.25, 0.3) is 0 Å². The number of hydrogen-bond donors (Lipinski definition) is 1. The van der Waals surface area contributed by atoms with Gasteiger partial charge in [0.1, 0.15) is 5.52 Å². The van der Waals surface area contributed by atoms with Gasteiger partial charge in [-0.2, -0.15) is 0 Å². The summed E-state index contributed by atoms with van der Waals surface area (Å²) in [5.41, 5.74) is 5.93. The molecule has 3 aromatic rings. The first kappa shape index (κ1) is 15.3. The molecule has 0 radical (unpaired) electrons. The molecule has 0 bridgehead atoms. The number of aryl methyl sites for hydroxylation is 4. The molecule has 2 aromatic carbocycles. The third-order valence-corrected chi connectivity index (χ3v) is 3.90. The molecule has 0 fully saturated rings. The summed E-state index contributed by atoms with van der Waals surface area (Å²) in [4.78, 5) is 16.4. The summed E-state index contributed by atoms with van der Waals surface area (Å²) in [5.74, 6) is 0.628. The lowest BCUT2D eigenvalue weighted by Crippen LogP contribution is -2.12. The monoisotopic (exact) mass is 308 g/mol. The van der Waals surface area contributed by atoms with Crippen molar-refractivity contribution in [2.24, 2.45) is 0 Å². The number of oxazole rings is 1.